The van der Waals surface area contributed by atoms with Gasteiger partial charge in [-0.1, -0.05) is 12.1 Å². The number of nitrogens with zero attached hydrogens (tertiary/aromatic N) is 1. The molecule has 1 heterocycles. The number of anilines is 1. The van der Waals surface area contributed by atoms with Gasteiger partial charge in [0, 0.05) is 18.4 Å². The van der Waals surface area contributed by atoms with Gasteiger partial charge in [0.05, 0.1) is 11.8 Å². The number of nitrogen functional groups attached to an aromatic ring is 1. The summed E-state index contributed by atoms with van der Waals surface area (Å²) in [6, 6.07) is 7.40. The van der Waals surface area contributed by atoms with E-state index in [9.17, 15) is 4.79 Å². The minimum Gasteiger partial charge on any atom is -0.399 e. The largest absolute Gasteiger partial charge is 0.399 e. The van der Waals surface area contributed by atoms with Crippen LogP contribution in [0.5, 0.6) is 0 Å². The van der Waals surface area contributed by atoms with Crippen molar-refractivity contribution in [2.75, 3.05) is 5.73 Å². The van der Waals surface area contributed by atoms with Crippen molar-refractivity contribution in [2.24, 2.45) is 0 Å². The third-order valence-corrected chi connectivity index (χ3v) is 2.16. The first-order valence-corrected chi connectivity index (χ1v) is 4.87. The maximum absolute atomic E-state index is 11.6. The molecule has 0 atom stereocenters. The second-order valence-corrected chi connectivity index (χ2v) is 3.41. The van der Waals surface area contributed by atoms with E-state index in [-0.39, 0.29) is 5.91 Å². The smallest absolute Gasteiger partial charge is 0.254 e. The number of rotatable bonds is 3. The molecule has 0 bridgehead atoms. The van der Waals surface area contributed by atoms with Gasteiger partial charge in [0.1, 0.15) is 0 Å². The summed E-state index contributed by atoms with van der Waals surface area (Å²) in [5.41, 5.74) is 7.81. The van der Waals surface area contributed by atoms with Crippen LogP contribution >= 0.6 is 0 Å². The van der Waals surface area contributed by atoms with Crippen LogP contribution in [0.15, 0.2) is 36.7 Å². The van der Waals surface area contributed by atoms with Crippen molar-refractivity contribution in [2.45, 2.75) is 6.54 Å². The number of H-pyrrole nitrogens is 1. The Morgan fingerprint density at radius 1 is 1.50 bits per heavy atom. The van der Waals surface area contributed by atoms with Crippen molar-refractivity contribution >= 4 is 11.6 Å². The molecule has 82 valence electrons. The molecule has 4 N–H and O–H groups in total. The molecule has 0 spiro atoms. The zero-order valence-electron chi connectivity index (χ0n) is 8.60. The first-order valence-electron chi connectivity index (χ1n) is 4.87. The minimum atomic E-state index is -0.156. The highest BCUT2D eigenvalue weighted by atomic mass is 16.1. The molecule has 5 heteroatoms. The zero-order chi connectivity index (χ0) is 11.4. The Bertz CT molecular complexity index is 478. The van der Waals surface area contributed by atoms with Gasteiger partial charge in [0.25, 0.3) is 5.91 Å². The van der Waals surface area contributed by atoms with E-state index in [4.69, 9.17) is 5.73 Å². The molecule has 0 aliphatic heterocycles. The highest BCUT2D eigenvalue weighted by molar-refractivity contribution is 5.93. The van der Waals surface area contributed by atoms with E-state index in [1.165, 1.54) is 6.20 Å². The highest BCUT2D eigenvalue weighted by Gasteiger charge is 2.05. The summed E-state index contributed by atoms with van der Waals surface area (Å²) in [7, 11) is 0. The first-order chi connectivity index (χ1) is 7.75. The molecule has 0 aliphatic rings. The van der Waals surface area contributed by atoms with Crippen molar-refractivity contribution in [3.05, 3.63) is 47.8 Å². The Balaban J connectivity index is 1.95. The lowest BCUT2D eigenvalue weighted by atomic mass is 10.2. The number of hydrogen-bond donors (Lipinski definition) is 3. The third kappa shape index (κ3) is 2.38. The molecule has 16 heavy (non-hydrogen) atoms. The molecule has 2 aromatic rings. The molecule has 5 nitrogen and oxygen atoms in total. The molecule has 0 saturated heterocycles. The summed E-state index contributed by atoms with van der Waals surface area (Å²) >= 11 is 0. The molecular formula is C11H12N4O. The van der Waals surface area contributed by atoms with Crippen molar-refractivity contribution < 1.29 is 4.79 Å². The normalized spacial score (nSPS) is 10.0. The number of carbonyl (C=O) groups excluding carboxylic acids is 1. The number of carbonyl (C=O) groups is 1. The lowest BCUT2D eigenvalue weighted by Crippen LogP contribution is -2.22. The lowest BCUT2D eigenvalue weighted by Gasteiger charge is -2.04. The quantitative estimate of drug-likeness (QED) is 0.667. The Labute approximate surface area is 92.7 Å². The van der Waals surface area contributed by atoms with Crippen LogP contribution in [0.1, 0.15) is 15.9 Å². The van der Waals surface area contributed by atoms with E-state index < -0.39 is 0 Å². The van der Waals surface area contributed by atoms with E-state index in [0.29, 0.717) is 17.8 Å². The molecule has 0 radical (unpaired) electrons. The molecule has 0 aliphatic carbocycles. The Morgan fingerprint density at radius 3 is 3.06 bits per heavy atom. The number of hydrogen-bond acceptors (Lipinski definition) is 3. The van der Waals surface area contributed by atoms with E-state index >= 15 is 0 Å². The molecule has 1 amide bonds. The lowest BCUT2D eigenvalue weighted by molar-refractivity contribution is 0.0951. The summed E-state index contributed by atoms with van der Waals surface area (Å²) < 4.78 is 0. The SMILES string of the molecule is Nc1cccc(CNC(=O)c2cn[nH]c2)c1. The fourth-order valence-corrected chi connectivity index (χ4v) is 1.36. The van der Waals surface area contributed by atoms with Gasteiger partial charge in [0.15, 0.2) is 0 Å². The molecule has 2 rings (SSSR count). The first kappa shape index (κ1) is 10.2. The monoisotopic (exact) mass is 216 g/mol. The van der Waals surface area contributed by atoms with E-state index in [2.05, 4.69) is 15.5 Å². The standard InChI is InChI=1S/C11H12N4O/c12-10-3-1-2-8(4-10)5-13-11(16)9-6-14-15-7-9/h1-4,6-7H,5,12H2,(H,13,16)(H,14,15). The van der Waals surface area contributed by atoms with Crippen molar-refractivity contribution in [3.63, 3.8) is 0 Å². The average molecular weight is 216 g/mol. The zero-order valence-corrected chi connectivity index (χ0v) is 8.60. The van der Waals surface area contributed by atoms with Crippen LogP contribution in [0, 0.1) is 0 Å². The third-order valence-electron chi connectivity index (χ3n) is 2.16. The van der Waals surface area contributed by atoms with Gasteiger partial charge in [-0.05, 0) is 17.7 Å². The van der Waals surface area contributed by atoms with E-state index in [0.717, 1.165) is 5.56 Å². The molecule has 0 saturated carbocycles. The van der Waals surface area contributed by atoms with Crippen LogP contribution in [0.3, 0.4) is 0 Å². The van der Waals surface area contributed by atoms with Crippen LogP contribution in [0.2, 0.25) is 0 Å². The number of aromatic nitrogens is 2. The van der Waals surface area contributed by atoms with Crippen molar-refractivity contribution in [1.82, 2.24) is 15.5 Å². The summed E-state index contributed by atoms with van der Waals surface area (Å²) in [5, 5.41) is 9.07. The van der Waals surface area contributed by atoms with Crippen LogP contribution in [0.4, 0.5) is 5.69 Å². The molecule has 0 fully saturated rings. The number of benzene rings is 1. The summed E-state index contributed by atoms with van der Waals surface area (Å²) in [6.07, 6.45) is 3.03. The maximum atomic E-state index is 11.6. The Kier molecular flexibility index (Phi) is 2.86. The summed E-state index contributed by atoms with van der Waals surface area (Å²) in [6.45, 7) is 0.453. The topological polar surface area (TPSA) is 83.8 Å². The van der Waals surface area contributed by atoms with Gasteiger partial charge >= 0.3 is 0 Å². The minimum absolute atomic E-state index is 0.156. The predicted molar refractivity (Wildman–Crippen MR) is 60.6 cm³/mol. The van der Waals surface area contributed by atoms with Gasteiger partial charge < -0.3 is 11.1 Å². The Morgan fingerprint density at radius 2 is 2.38 bits per heavy atom. The Hall–Kier alpha value is -2.30. The molecule has 1 aromatic carbocycles. The van der Waals surface area contributed by atoms with E-state index in [1.807, 2.05) is 18.2 Å². The fourth-order valence-electron chi connectivity index (χ4n) is 1.36. The van der Waals surface area contributed by atoms with Crippen molar-refractivity contribution in [3.8, 4) is 0 Å². The van der Waals surface area contributed by atoms with Crippen molar-refractivity contribution in [1.29, 1.82) is 0 Å². The van der Waals surface area contributed by atoms with Crippen LogP contribution in [-0.2, 0) is 6.54 Å². The summed E-state index contributed by atoms with van der Waals surface area (Å²) in [5.74, 6) is -0.156. The summed E-state index contributed by atoms with van der Waals surface area (Å²) in [4.78, 5) is 11.6. The van der Waals surface area contributed by atoms with Crippen LogP contribution in [-0.4, -0.2) is 16.1 Å². The van der Waals surface area contributed by atoms with Gasteiger partial charge in [0.2, 0.25) is 0 Å². The number of nitrogens with two attached hydrogens (primary N) is 1. The van der Waals surface area contributed by atoms with Crippen LogP contribution < -0.4 is 11.1 Å². The fraction of sp³-hybridized carbons (Fsp3) is 0.0909. The van der Waals surface area contributed by atoms with Gasteiger partial charge in [-0.15, -0.1) is 0 Å². The van der Waals surface area contributed by atoms with Gasteiger partial charge in [-0.25, -0.2) is 0 Å². The molecule has 1 aromatic heterocycles. The molecular weight excluding hydrogens is 204 g/mol. The van der Waals surface area contributed by atoms with Gasteiger partial charge in [-0.3, -0.25) is 9.89 Å². The number of nitrogens with one attached hydrogen (secondary N) is 2. The highest BCUT2D eigenvalue weighted by Crippen LogP contribution is 2.06. The maximum Gasteiger partial charge on any atom is 0.254 e. The predicted octanol–water partition coefficient (Wildman–Crippen LogP) is 0.922. The van der Waals surface area contributed by atoms with E-state index in [1.54, 1.807) is 12.3 Å². The molecule has 0 unspecified atom stereocenters. The second-order valence-electron chi connectivity index (χ2n) is 3.41. The number of aromatic amines is 1. The van der Waals surface area contributed by atoms with Gasteiger partial charge in [-0.2, -0.15) is 5.10 Å². The average Bonchev–Trinajstić information content (AvgIpc) is 2.79. The van der Waals surface area contributed by atoms with Crippen LogP contribution in [0.25, 0.3) is 0 Å². The number of amides is 1. The second kappa shape index (κ2) is 4.48.